The van der Waals surface area contributed by atoms with Crippen LogP contribution in [0.2, 0.25) is 0 Å². The molecule has 3 aromatic heterocycles. The molecule has 0 amide bonds. The van der Waals surface area contributed by atoms with Gasteiger partial charge in [0.15, 0.2) is 16.7 Å². The molecule has 0 bridgehead atoms. The lowest BCUT2D eigenvalue weighted by atomic mass is 9.92. The molecule has 0 spiro atoms. The number of hydrogen-bond acceptors (Lipinski definition) is 5. The number of nitrogens with one attached hydrogen (secondary N) is 1. The smallest absolute Gasteiger partial charge is 0.171 e. The van der Waals surface area contributed by atoms with Crippen molar-refractivity contribution < 1.29 is 8.76 Å². The third-order valence-corrected chi connectivity index (χ3v) is 7.90. The van der Waals surface area contributed by atoms with Gasteiger partial charge in [0.25, 0.3) is 0 Å². The van der Waals surface area contributed by atoms with Gasteiger partial charge in [-0.15, -0.1) is 0 Å². The molecular weight excluding hydrogens is 398 g/mol. The zero-order valence-electron chi connectivity index (χ0n) is 17.3. The van der Waals surface area contributed by atoms with E-state index in [1.807, 2.05) is 18.5 Å². The first-order valence-electron chi connectivity index (χ1n) is 10.9. The van der Waals surface area contributed by atoms with Gasteiger partial charge >= 0.3 is 0 Å². The number of aromatic nitrogens is 3. The summed E-state index contributed by atoms with van der Waals surface area (Å²) in [6.07, 6.45) is 9.82. The van der Waals surface area contributed by atoms with E-state index in [1.54, 1.807) is 6.20 Å². The Morgan fingerprint density at radius 3 is 2.80 bits per heavy atom. The number of fused-ring (bicyclic) bond motifs is 3. The minimum atomic E-state index is -1.82. The van der Waals surface area contributed by atoms with Crippen LogP contribution < -0.4 is 4.90 Å². The molecule has 0 aliphatic carbocycles. The van der Waals surface area contributed by atoms with Crippen LogP contribution in [0.3, 0.4) is 0 Å². The summed E-state index contributed by atoms with van der Waals surface area (Å²) >= 11 is -1.82. The summed E-state index contributed by atoms with van der Waals surface area (Å²) in [5.41, 5.74) is 2.97. The van der Waals surface area contributed by atoms with E-state index in [0.717, 1.165) is 67.4 Å². The molecule has 0 radical (unpaired) electrons. The molecule has 30 heavy (non-hydrogen) atoms. The SMILES string of the molecule is CC1CCCN(C(C2CCN(c3cc[nH]c4cnc5nccc5c34)CC2)S(=O)O)C1. The Hall–Kier alpha value is -2.03. The average molecular weight is 428 g/mol. The number of piperidine rings is 2. The summed E-state index contributed by atoms with van der Waals surface area (Å²) in [7, 11) is 0. The first-order chi connectivity index (χ1) is 14.6. The van der Waals surface area contributed by atoms with Crippen molar-refractivity contribution in [1.29, 1.82) is 0 Å². The predicted molar refractivity (Wildman–Crippen MR) is 121 cm³/mol. The highest BCUT2D eigenvalue weighted by atomic mass is 32.2. The summed E-state index contributed by atoms with van der Waals surface area (Å²) in [5.74, 6) is 0.854. The van der Waals surface area contributed by atoms with Gasteiger partial charge in [-0.05, 0) is 56.2 Å². The fraction of sp³-hybridized carbons (Fsp3) is 0.545. The normalized spacial score (nSPS) is 23.8. The molecule has 8 heteroatoms. The molecule has 2 N–H and O–H groups in total. The van der Waals surface area contributed by atoms with Crippen LogP contribution in [0.15, 0.2) is 30.7 Å². The molecule has 3 aromatic rings. The van der Waals surface area contributed by atoms with Gasteiger partial charge in [-0.3, -0.25) is 4.90 Å². The van der Waals surface area contributed by atoms with Gasteiger partial charge in [-0.25, -0.2) is 14.2 Å². The van der Waals surface area contributed by atoms with Gasteiger partial charge in [0.1, 0.15) is 5.37 Å². The van der Waals surface area contributed by atoms with E-state index in [1.165, 1.54) is 12.1 Å². The summed E-state index contributed by atoms with van der Waals surface area (Å²) in [6.45, 7) is 5.90. The van der Waals surface area contributed by atoms with Crippen molar-refractivity contribution in [2.45, 2.75) is 38.0 Å². The van der Waals surface area contributed by atoms with Gasteiger partial charge < -0.3 is 14.4 Å². The van der Waals surface area contributed by atoms with E-state index in [4.69, 9.17) is 0 Å². The predicted octanol–water partition coefficient (Wildman–Crippen LogP) is 3.61. The number of likely N-dealkylation sites (tertiary alicyclic amines) is 1. The molecule has 2 aliphatic heterocycles. The number of aromatic amines is 1. The lowest BCUT2D eigenvalue weighted by Crippen LogP contribution is -2.50. The average Bonchev–Trinajstić information content (AvgIpc) is 3.23. The van der Waals surface area contributed by atoms with Crippen molar-refractivity contribution in [2.75, 3.05) is 31.1 Å². The number of H-pyrrole nitrogens is 1. The molecule has 2 saturated heterocycles. The van der Waals surface area contributed by atoms with E-state index in [2.05, 4.69) is 37.7 Å². The van der Waals surface area contributed by atoms with E-state index < -0.39 is 11.1 Å². The minimum Gasteiger partial charge on any atom is -0.371 e. The lowest BCUT2D eigenvalue weighted by Gasteiger charge is -2.42. The van der Waals surface area contributed by atoms with Gasteiger partial charge in [-0.2, -0.15) is 0 Å². The highest BCUT2D eigenvalue weighted by molar-refractivity contribution is 7.79. The molecule has 3 atom stereocenters. The quantitative estimate of drug-likeness (QED) is 0.619. The van der Waals surface area contributed by atoms with Crippen LogP contribution >= 0.6 is 0 Å². The first-order valence-corrected chi connectivity index (χ1v) is 12.1. The zero-order chi connectivity index (χ0) is 20.7. The van der Waals surface area contributed by atoms with E-state index in [0.29, 0.717) is 5.92 Å². The second-order valence-electron chi connectivity index (χ2n) is 8.83. The monoisotopic (exact) mass is 427 g/mol. The molecule has 160 valence electrons. The van der Waals surface area contributed by atoms with Crippen LogP contribution in [-0.2, 0) is 11.1 Å². The fourth-order valence-electron chi connectivity index (χ4n) is 5.38. The maximum Gasteiger partial charge on any atom is 0.171 e. The van der Waals surface area contributed by atoms with Gasteiger partial charge in [-0.1, -0.05) is 6.92 Å². The molecule has 5 heterocycles. The third-order valence-electron chi connectivity index (χ3n) is 6.81. The van der Waals surface area contributed by atoms with E-state index in [9.17, 15) is 8.76 Å². The molecule has 2 aliphatic rings. The van der Waals surface area contributed by atoms with Crippen LogP contribution in [0.4, 0.5) is 5.69 Å². The largest absolute Gasteiger partial charge is 0.371 e. The number of anilines is 1. The van der Waals surface area contributed by atoms with Crippen LogP contribution in [0, 0.1) is 11.8 Å². The number of rotatable bonds is 4. The van der Waals surface area contributed by atoms with Crippen molar-refractivity contribution in [3.63, 3.8) is 0 Å². The highest BCUT2D eigenvalue weighted by Gasteiger charge is 2.36. The van der Waals surface area contributed by atoms with Crippen molar-refractivity contribution in [3.05, 3.63) is 30.7 Å². The Morgan fingerprint density at radius 2 is 2.03 bits per heavy atom. The summed E-state index contributed by atoms with van der Waals surface area (Å²) < 4.78 is 22.4. The molecule has 3 unspecified atom stereocenters. The number of hydrogen-bond donors (Lipinski definition) is 2. The molecule has 0 saturated carbocycles. The molecule has 5 rings (SSSR count). The van der Waals surface area contributed by atoms with Gasteiger partial charge in [0.2, 0.25) is 0 Å². The Balaban J connectivity index is 1.38. The Morgan fingerprint density at radius 1 is 1.20 bits per heavy atom. The van der Waals surface area contributed by atoms with Crippen molar-refractivity contribution in [2.24, 2.45) is 11.8 Å². The van der Waals surface area contributed by atoms with E-state index in [-0.39, 0.29) is 11.3 Å². The Bertz CT molecular complexity index is 1060. The molecule has 7 nitrogen and oxygen atoms in total. The number of pyridine rings is 2. The lowest BCUT2D eigenvalue weighted by molar-refractivity contribution is 0.123. The Kier molecular flexibility index (Phi) is 5.47. The fourth-order valence-corrected chi connectivity index (χ4v) is 6.42. The summed E-state index contributed by atoms with van der Waals surface area (Å²) in [5, 5.41) is 1.98. The van der Waals surface area contributed by atoms with Gasteiger partial charge in [0.05, 0.1) is 11.7 Å². The molecular formula is C22H29N5O2S. The zero-order valence-corrected chi connectivity index (χ0v) is 18.1. The molecule has 0 aromatic carbocycles. The Labute approximate surface area is 179 Å². The van der Waals surface area contributed by atoms with Gasteiger partial charge in [0, 0.05) is 48.5 Å². The van der Waals surface area contributed by atoms with Crippen LogP contribution in [0.1, 0.15) is 32.6 Å². The highest BCUT2D eigenvalue weighted by Crippen LogP contribution is 2.35. The first kappa shape index (κ1) is 19.9. The molecule has 2 fully saturated rings. The van der Waals surface area contributed by atoms with Crippen molar-refractivity contribution >= 4 is 38.7 Å². The second-order valence-corrected chi connectivity index (χ2v) is 9.86. The summed E-state index contributed by atoms with van der Waals surface area (Å²) in [6, 6.07) is 4.15. The maximum atomic E-state index is 12.3. The standard InChI is InChI=1S/C22H29N5O2S/c1-15-3-2-10-27(14-15)22(30(28)29)16-6-11-26(12-7-16)19-5-9-23-18-13-25-21-17(20(18)19)4-8-24-21/h4-5,8-9,13,15-16,22-23H,2-3,6-7,10-12,14H2,1H3,(H,28,29). The summed E-state index contributed by atoms with van der Waals surface area (Å²) in [4.78, 5) is 16.8. The second kappa shape index (κ2) is 8.24. The third kappa shape index (κ3) is 3.61. The number of nitrogens with zero attached hydrogens (tertiary/aromatic N) is 4. The maximum absolute atomic E-state index is 12.3. The topological polar surface area (TPSA) is 85.4 Å². The van der Waals surface area contributed by atoms with Crippen molar-refractivity contribution in [1.82, 2.24) is 19.9 Å². The van der Waals surface area contributed by atoms with Crippen LogP contribution in [-0.4, -0.2) is 60.2 Å². The van der Waals surface area contributed by atoms with E-state index >= 15 is 0 Å². The van der Waals surface area contributed by atoms with Crippen LogP contribution in [0.25, 0.3) is 21.9 Å². The van der Waals surface area contributed by atoms with Crippen LogP contribution in [0.5, 0.6) is 0 Å². The minimum absolute atomic E-state index is 0.245. The van der Waals surface area contributed by atoms with Crippen molar-refractivity contribution in [3.8, 4) is 0 Å².